The lowest BCUT2D eigenvalue weighted by Gasteiger charge is -2.18. The number of ether oxygens (including phenoxy) is 1. The van der Waals surface area contributed by atoms with Crippen LogP contribution < -0.4 is 5.32 Å². The molecular weight excluding hydrogens is 322 g/mol. The van der Waals surface area contributed by atoms with Crippen molar-refractivity contribution < 1.29 is 9.84 Å². The van der Waals surface area contributed by atoms with Crippen LogP contribution in [0.4, 0.5) is 0 Å². The van der Waals surface area contributed by atoms with Crippen molar-refractivity contribution in [2.24, 2.45) is 0 Å². The molecule has 3 atom stereocenters. The van der Waals surface area contributed by atoms with E-state index in [1.54, 1.807) is 0 Å². The maximum absolute atomic E-state index is 10.5. The van der Waals surface area contributed by atoms with Crippen molar-refractivity contribution in [3.05, 3.63) is 35.9 Å². The first kappa shape index (κ1) is 21.4. The Kier molecular flexibility index (Phi) is 10.9. The van der Waals surface area contributed by atoms with E-state index in [0.29, 0.717) is 6.61 Å². The van der Waals surface area contributed by atoms with Gasteiger partial charge in [-0.3, -0.25) is 0 Å². The minimum absolute atomic E-state index is 0.0114. The molecule has 1 saturated heterocycles. The molecule has 148 valence electrons. The Morgan fingerprint density at radius 2 is 1.54 bits per heavy atom. The zero-order valence-electron chi connectivity index (χ0n) is 16.7. The van der Waals surface area contributed by atoms with Crippen LogP contribution in [0.15, 0.2) is 30.3 Å². The van der Waals surface area contributed by atoms with E-state index in [1.807, 2.05) is 18.2 Å². The van der Waals surface area contributed by atoms with Gasteiger partial charge >= 0.3 is 0 Å². The largest absolute Gasteiger partial charge is 0.389 e. The molecule has 3 nitrogen and oxygen atoms in total. The summed E-state index contributed by atoms with van der Waals surface area (Å²) >= 11 is 0. The minimum atomic E-state index is -0.378. The lowest BCUT2D eigenvalue weighted by molar-refractivity contribution is 0.0333. The van der Waals surface area contributed by atoms with Crippen LogP contribution in [0, 0.1) is 0 Å². The Labute approximate surface area is 160 Å². The Balaban J connectivity index is 1.47. The fourth-order valence-electron chi connectivity index (χ4n) is 3.80. The van der Waals surface area contributed by atoms with E-state index in [4.69, 9.17) is 4.74 Å². The quantitative estimate of drug-likeness (QED) is 0.447. The van der Waals surface area contributed by atoms with Gasteiger partial charge in [0.15, 0.2) is 0 Å². The number of hydrogen-bond acceptors (Lipinski definition) is 3. The van der Waals surface area contributed by atoms with Gasteiger partial charge in [0.05, 0.1) is 24.9 Å². The highest BCUT2D eigenvalue weighted by molar-refractivity contribution is 5.14. The van der Waals surface area contributed by atoms with Gasteiger partial charge in [0, 0.05) is 6.54 Å². The predicted octanol–water partition coefficient (Wildman–Crippen LogP) is 5.22. The molecule has 2 N–H and O–H groups in total. The van der Waals surface area contributed by atoms with Crippen LogP contribution in [0.5, 0.6) is 0 Å². The first-order chi connectivity index (χ1) is 12.8. The lowest BCUT2D eigenvalue weighted by atomic mass is 10.0. The summed E-state index contributed by atoms with van der Waals surface area (Å²) in [5.41, 5.74) is 1.25. The SMILES string of the molecule is CCCCCCCCCCCCC1OCC(NCc2ccccc2)C1O. The summed E-state index contributed by atoms with van der Waals surface area (Å²) in [6, 6.07) is 10.4. The van der Waals surface area contributed by atoms with Crippen molar-refractivity contribution in [3.63, 3.8) is 0 Å². The van der Waals surface area contributed by atoms with Crippen LogP contribution in [0.25, 0.3) is 0 Å². The average molecular weight is 362 g/mol. The molecule has 0 aliphatic carbocycles. The molecule has 1 aliphatic rings. The van der Waals surface area contributed by atoms with E-state index in [0.717, 1.165) is 13.0 Å². The van der Waals surface area contributed by atoms with Gasteiger partial charge in [0.25, 0.3) is 0 Å². The van der Waals surface area contributed by atoms with Gasteiger partial charge in [-0.15, -0.1) is 0 Å². The topological polar surface area (TPSA) is 41.5 Å². The minimum Gasteiger partial charge on any atom is -0.389 e. The Morgan fingerprint density at radius 1 is 0.923 bits per heavy atom. The Morgan fingerprint density at radius 3 is 2.19 bits per heavy atom. The summed E-state index contributed by atoms with van der Waals surface area (Å²) in [6.45, 7) is 3.68. The molecule has 3 unspecified atom stereocenters. The molecule has 0 radical (unpaired) electrons. The molecule has 26 heavy (non-hydrogen) atoms. The maximum atomic E-state index is 10.5. The highest BCUT2D eigenvalue weighted by atomic mass is 16.5. The summed E-state index contributed by atoms with van der Waals surface area (Å²) in [7, 11) is 0. The molecule has 0 saturated carbocycles. The molecule has 1 fully saturated rings. The second-order valence-corrected chi connectivity index (χ2v) is 7.81. The van der Waals surface area contributed by atoms with Crippen LogP contribution in [-0.2, 0) is 11.3 Å². The van der Waals surface area contributed by atoms with Crippen molar-refractivity contribution in [2.45, 2.75) is 102 Å². The highest BCUT2D eigenvalue weighted by Crippen LogP contribution is 2.21. The predicted molar refractivity (Wildman–Crippen MR) is 109 cm³/mol. The molecule has 1 aromatic rings. The van der Waals surface area contributed by atoms with E-state index >= 15 is 0 Å². The fourth-order valence-corrected chi connectivity index (χ4v) is 3.80. The van der Waals surface area contributed by atoms with Gasteiger partial charge in [-0.25, -0.2) is 0 Å². The summed E-state index contributed by atoms with van der Waals surface area (Å²) < 4.78 is 5.84. The molecule has 3 heteroatoms. The number of hydrogen-bond donors (Lipinski definition) is 2. The third-order valence-electron chi connectivity index (χ3n) is 5.54. The summed E-state index contributed by atoms with van der Waals surface area (Å²) in [4.78, 5) is 0. The van der Waals surface area contributed by atoms with Crippen molar-refractivity contribution in [3.8, 4) is 0 Å². The number of rotatable bonds is 14. The first-order valence-corrected chi connectivity index (χ1v) is 10.9. The van der Waals surface area contributed by atoms with Gasteiger partial charge in [-0.05, 0) is 12.0 Å². The van der Waals surface area contributed by atoms with E-state index in [2.05, 4.69) is 24.4 Å². The zero-order valence-corrected chi connectivity index (χ0v) is 16.7. The molecule has 0 spiro atoms. The Bertz CT molecular complexity index is 451. The molecule has 1 aliphatic heterocycles. The molecule has 2 rings (SSSR count). The summed E-state index contributed by atoms with van der Waals surface area (Å²) in [5.74, 6) is 0. The fraction of sp³-hybridized carbons (Fsp3) is 0.739. The monoisotopic (exact) mass is 361 g/mol. The zero-order chi connectivity index (χ0) is 18.5. The summed E-state index contributed by atoms with van der Waals surface area (Å²) in [6.07, 6.45) is 14.1. The van der Waals surface area contributed by atoms with Crippen LogP contribution in [0.1, 0.15) is 83.1 Å². The standard InChI is InChI=1S/C23H39NO2/c1-2-3-4-5-6-7-8-9-10-14-17-22-23(25)21(19-26-22)24-18-20-15-12-11-13-16-20/h11-13,15-16,21-25H,2-10,14,17-19H2,1H3. The van der Waals surface area contributed by atoms with Crippen LogP contribution >= 0.6 is 0 Å². The van der Waals surface area contributed by atoms with Crippen LogP contribution in [-0.4, -0.2) is 30.0 Å². The molecule has 0 amide bonds. The van der Waals surface area contributed by atoms with Gasteiger partial charge < -0.3 is 15.2 Å². The van der Waals surface area contributed by atoms with Gasteiger partial charge in [-0.2, -0.15) is 0 Å². The number of benzene rings is 1. The second kappa shape index (κ2) is 13.3. The van der Waals surface area contributed by atoms with E-state index in [9.17, 15) is 5.11 Å². The van der Waals surface area contributed by atoms with E-state index in [-0.39, 0.29) is 18.2 Å². The normalized spacial score (nSPS) is 22.8. The lowest BCUT2D eigenvalue weighted by Crippen LogP contribution is -2.40. The first-order valence-electron chi connectivity index (χ1n) is 10.9. The van der Waals surface area contributed by atoms with E-state index < -0.39 is 0 Å². The maximum Gasteiger partial charge on any atom is 0.0976 e. The highest BCUT2D eigenvalue weighted by Gasteiger charge is 2.34. The third-order valence-corrected chi connectivity index (χ3v) is 5.54. The van der Waals surface area contributed by atoms with Crippen LogP contribution in [0.3, 0.4) is 0 Å². The van der Waals surface area contributed by atoms with Gasteiger partial charge in [-0.1, -0.05) is 101 Å². The molecule has 0 bridgehead atoms. The molecule has 1 aromatic carbocycles. The smallest absolute Gasteiger partial charge is 0.0976 e. The number of unbranched alkanes of at least 4 members (excludes halogenated alkanes) is 9. The number of aliphatic hydroxyl groups is 1. The second-order valence-electron chi connectivity index (χ2n) is 7.81. The third kappa shape index (κ3) is 8.20. The van der Waals surface area contributed by atoms with Crippen molar-refractivity contribution >= 4 is 0 Å². The van der Waals surface area contributed by atoms with Crippen molar-refractivity contribution in [1.82, 2.24) is 5.32 Å². The average Bonchev–Trinajstić information content (AvgIpc) is 3.02. The number of nitrogens with one attached hydrogen (secondary N) is 1. The summed E-state index contributed by atoms with van der Waals surface area (Å²) in [5, 5.41) is 13.9. The molecule has 1 heterocycles. The van der Waals surface area contributed by atoms with Crippen molar-refractivity contribution in [2.75, 3.05) is 6.61 Å². The van der Waals surface area contributed by atoms with E-state index in [1.165, 1.54) is 69.8 Å². The molecular formula is C23H39NO2. The van der Waals surface area contributed by atoms with Crippen molar-refractivity contribution in [1.29, 1.82) is 0 Å². The van der Waals surface area contributed by atoms with Crippen LogP contribution in [0.2, 0.25) is 0 Å². The molecule has 0 aromatic heterocycles. The Hall–Kier alpha value is -0.900. The van der Waals surface area contributed by atoms with Gasteiger partial charge in [0.1, 0.15) is 0 Å². The number of aliphatic hydroxyl groups excluding tert-OH is 1. The van der Waals surface area contributed by atoms with Gasteiger partial charge in [0.2, 0.25) is 0 Å².